The van der Waals surface area contributed by atoms with Crippen LogP contribution in [0.15, 0.2) is 4.99 Å². The lowest BCUT2D eigenvalue weighted by Gasteiger charge is -1.91. The maximum atomic E-state index is 9.85. The first kappa shape index (κ1) is 5.55. The Kier molecular flexibility index (Phi) is 1.48. The van der Waals surface area contributed by atoms with Crippen molar-refractivity contribution in [1.29, 1.82) is 0 Å². The summed E-state index contributed by atoms with van der Waals surface area (Å²) in [6.45, 7) is 0. The van der Waals surface area contributed by atoms with Gasteiger partial charge < -0.3 is 0 Å². The van der Waals surface area contributed by atoms with Crippen LogP contribution >= 0.6 is 11.8 Å². The number of hydrogen-bond acceptors (Lipinski definition) is 4. The minimum atomic E-state index is -0.806. The van der Waals surface area contributed by atoms with Crippen LogP contribution in [0.5, 0.6) is 0 Å². The van der Waals surface area contributed by atoms with Crippen LogP contribution in [0.2, 0.25) is 0 Å². The van der Waals surface area contributed by atoms with Gasteiger partial charge in [-0.15, -0.1) is 0 Å². The van der Waals surface area contributed by atoms with Crippen molar-refractivity contribution in [3.8, 4) is 0 Å². The van der Waals surface area contributed by atoms with E-state index in [9.17, 15) is 10.1 Å². The highest BCUT2D eigenvalue weighted by Crippen LogP contribution is 2.16. The van der Waals surface area contributed by atoms with Crippen LogP contribution < -0.4 is 0 Å². The van der Waals surface area contributed by atoms with E-state index in [-0.39, 0.29) is 0 Å². The summed E-state index contributed by atoms with van der Waals surface area (Å²) in [5.41, 5.74) is 1.47. The second-order valence-corrected chi connectivity index (χ2v) is 1.98. The maximum absolute atomic E-state index is 9.85. The summed E-state index contributed by atoms with van der Waals surface area (Å²) >= 11 is 1.25. The van der Waals surface area contributed by atoms with Crippen molar-refractivity contribution < 1.29 is 4.92 Å². The highest BCUT2D eigenvalue weighted by molar-refractivity contribution is 8.14. The standard InChI is InChI=1S/C3H3N2O2S/c6-5(7)3-1-8-2-4-3/h1-3H. The molecule has 0 spiro atoms. The molecule has 0 amide bonds. The molecule has 0 aromatic rings. The lowest BCUT2D eigenvalue weighted by atomic mass is 10.6. The molecule has 1 heterocycles. The van der Waals surface area contributed by atoms with Crippen molar-refractivity contribution in [2.24, 2.45) is 4.99 Å². The monoisotopic (exact) mass is 131 g/mol. The zero-order valence-corrected chi connectivity index (χ0v) is 4.67. The van der Waals surface area contributed by atoms with E-state index in [1.807, 2.05) is 0 Å². The fourth-order valence-corrected chi connectivity index (χ4v) is 0.918. The second-order valence-electron chi connectivity index (χ2n) is 1.23. The van der Waals surface area contributed by atoms with Crippen LogP contribution in [0.25, 0.3) is 0 Å². The number of hydrogen-bond donors (Lipinski definition) is 0. The lowest BCUT2D eigenvalue weighted by molar-refractivity contribution is -0.508. The van der Waals surface area contributed by atoms with Crippen LogP contribution in [0, 0.1) is 15.9 Å². The van der Waals surface area contributed by atoms with Gasteiger partial charge in [0, 0.05) is 4.92 Å². The molecule has 1 radical (unpaired) electrons. The Labute approximate surface area is 50.1 Å². The van der Waals surface area contributed by atoms with Gasteiger partial charge in [-0.2, -0.15) is 0 Å². The number of thioether (sulfide) groups is 1. The fourth-order valence-electron chi connectivity index (χ4n) is 0.342. The molecule has 0 aliphatic carbocycles. The number of rotatable bonds is 1. The van der Waals surface area contributed by atoms with Crippen LogP contribution in [-0.2, 0) is 0 Å². The van der Waals surface area contributed by atoms with Gasteiger partial charge >= 0.3 is 6.17 Å². The summed E-state index contributed by atoms with van der Waals surface area (Å²) < 4.78 is 0. The molecule has 1 aliphatic rings. The Morgan fingerprint density at radius 1 is 1.88 bits per heavy atom. The number of aliphatic imine (C=N–C) groups is 1. The first-order valence-electron chi connectivity index (χ1n) is 1.94. The van der Waals surface area contributed by atoms with Gasteiger partial charge in [-0.1, -0.05) is 11.8 Å². The Balaban J connectivity index is 2.48. The summed E-state index contributed by atoms with van der Waals surface area (Å²) in [5, 5.41) is 9.85. The van der Waals surface area contributed by atoms with Crippen LogP contribution in [0.4, 0.5) is 0 Å². The van der Waals surface area contributed by atoms with Crippen molar-refractivity contribution in [2.45, 2.75) is 6.17 Å². The molecule has 0 bridgehead atoms. The van der Waals surface area contributed by atoms with Crippen molar-refractivity contribution in [1.82, 2.24) is 0 Å². The molecule has 1 atom stereocenters. The Morgan fingerprint density at radius 3 is 2.88 bits per heavy atom. The third-order valence-electron chi connectivity index (χ3n) is 0.691. The predicted octanol–water partition coefficient (Wildman–Crippen LogP) is 0.526. The average molecular weight is 131 g/mol. The third kappa shape index (κ3) is 0.975. The second kappa shape index (κ2) is 2.13. The fraction of sp³-hybridized carbons (Fsp3) is 0.333. The molecule has 1 unspecified atom stereocenters. The highest BCUT2D eigenvalue weighted by atomic mass is 32.2. The zero-order chi connectivity index (χ0) is 5.98. The third-order valence-corrected chi connectivity index (χ3v) is 1.33. The van der Waals surface area contributed by atoms with E-state index in [4.69, 9.17) is 0 Å². The van der Waals surface area contributed by atoms with E-state index in [0.717, 1.165) is 0 Å². The molecule has 0 saturated carbocycles. The normalized spacial score (nSPS) is 26.2. The summed E-state index contributed by atoms with van der Waals surface area (Å²) in [4.78, 5) is 12.9. The SMILES string of the molecule is O=[N+]([O-])C1[CH]SC=N1. The predicted molar refractivity (Wildman–Crippen MR) is 31.2 cm³/mol. The summed E-state index contributed by atoms with van der Waals surface area (Å²) in [6.07, 6.45) is -0.806. The first-order valence-corrected chi connectivity index (χ1v) is 2.89. The average Bonchev–Trinajstić information content (AvgIpc) is 2.12. The van der Waals surface area contributed by atoms with Crippen LogP contribution in [-0.4, -0.2) is 16.6 Å². The zero-order valence-electron chi connectivity index (χ0n) is 3.85. The molecule has 0 fully saturated rings. The molecule has 1 aliphatic heterocycles. The molecule has 0 aromatic heterocycles. The summed E-state index contributed by atoms with van der Waals surface area (Å²) in [7, 11) is 0. The van der Waals surface area contributed by atoms with Gasteiger partial charge in [0.1, 0.15) is 5.75 Å². The molecule has 0 N–H and O–H groups in total. The van der Waals surface area contributed by atoms with E-state index >= 15 is 0 Å². The molecule has 1 rings (SSSR count). The minimum absolute atomic E-state index is 0.434. The molecular weight excluding hydrogens is 128 g/mol. The minimum Gasteiger partial charge on any atom is -0.262 e. The van der Waals surface area contributed by atoms with E-state index in [0.29, 0.717) is 0 Å². The van der Waals surface area contributed by atoms with E-state index in [1.165, 1.54) is 23.1 Å². The quantitative estimate of drug-likeness (QED) is 0.385. The molecule has 0 saturated heterocycles. The van der Waals surface area contributed by atoms with E-state index < -0.39 is 11.1 Å². The molecule has 5 heteroatoms. The van der Waals surface area contributed by atoms with Crippen molar-refractivity contribution in [2.75, 3.05) is 0 Å². The molecule has 0 aromatic carbocycles. The lowest BCUT2D eigenvalue weighted by Crippen LogP contribution is -2.12. The summed E-state index contributed by atoms with van der Waals surface area (Å²) in [5.74, 6) is 1.47. The van der Waals surface area contributed by atoms with Gasteiger partial charge in [0.15, 0.2) is 0 Å². The van der Waals surface area contributed by atoms with Crippen molar-refractivity contribution >= 4 is 17.3 Å². The largest absolute Gasteiger partial charge is 0.317 e. The van der Waals surface area contributed by atoms with Crippen molar-refractivity contribution in [3.63, 3.8) is 0 Å². The van der Waals surface area contributed by atoms with Crippen molar-refractivity contribution in [3.05, 3.63) is 15.9 Å². The Bertz CT molecular complexity index is 135. The van der Waals surface area contributed by atoms with Gasteiger partial charge in [0.25, 0.3) is 0 Å². The highest BCUT2D eigenvalue weighted by Gasteiger charge is 2.21. The van der Waals surface area contributed by atoms with Gasteiger partial charge in [-0.3, -0.25) is 10.1 Å². The van der Waals surface area contributed by atoms with E-state index in [2.05, 4.69) is 4.99 Å². The Hall–Kier alpha value is -0.580. The van der Waals surface area contributed by atoms with Crippen LogP contribution in [0.3, 0.4) is 0 Å². The number of nitrogens with zero attached hydrogens (tertiary/aromatic N) is 2. The topological polar surface area (TPSA) is 55.5 Å². The number of nitro groups is 1. The van der Waals surface area contributed by atoms with Gasteiger partial charge in [-0.05, 0) is 0 Å². The smallest absolute Gasteiger partial charge is 0.262 e. The van der Waals surface area contributed by atoms with Gasteiger partial charge in [-0.25, -0.2) is 4.99 Å². The first-order chi connectivity index (χ1) is 3.80. The molecule has 4 nitrogen and oxygen atoms in total. The van der Waals surface area contributed by atoms with Crippen LogP contribution in [0.1, 0.15) is 0 Å². The maximum Gasteiger partial charge on any atom is 0.317 e. The summed E-state index contributed by atoms with van der Waals surface area (Å²) in [6, 6.07) is 0. The molecule has 43 valence electrons. The van der Waals surface area contributed by atoms with Gasteiger partial charge in [0.2, 0.25) is 0 Å². The molecule has 8 heavy (non-hydrogen) atoms. The van der Waals surface area contributed by atoms with Gasteiger partial charge in [0.05, 0.1) is 5.55 Å². The molecular formula is C3H3N2O2S. The Morgan fingerprint density at radius 2 is 2.62 bits per heavy atom. The van der Waals surface area contributed by atoms with E-state index in [1.54, 1.807) is 0 Å².